The number of unbranched alkanes of at least 4 members (excludes halogenated alkanes) is 2. The zero-order valence-corrected chi connectivity index (χ0v) is 10.6. The van der Waals surface area contributed by atoms with E-state index in [2.05, 4.69) is 6.92 Å². The average molecular weight is 243 g/mol. The van der Waals surface area contributed by atoms with Gasteiger partial charge < -0.3 is 0 Å². The molecule has 1 aromatic carbocycles. The van der Waals surface area contributed by atoms with Crippen molar-refractivity contribution in [3.8, 4) is 0 Å². The van der Waals surface area contributed by atoms with E-state index in [0.29, 0.717) is 17.7 Å². The minimum absolute atomic E-state index is 0.184. The largest absolute Gasteiger partial charge is 0.270 e. The molecular weight excluding hydrogens is 226 g/mol. The Kier molecular flexibility index (Phi) is 3.92. The maximum atomic E-state index is 12.0. The van der Waals surface area contributed by atoms with E-state index in [1.807, 2.05) is 12.2 Å². The van der Waals surface area contributed by atoms with E-state index in [4.69, 9.17) is 0 Å². The molecular formula is C15H17NO2. The average Bonchev–Trinajstić information content (AvgIpc) is 2.64. The summed E-state index contributed by atoms with van der Waals surface area (Å²) < 4.78 is 0. The van der Waals surface area contributed by atoms with Crippen molar-refractivity contribution in [2.75, 3.05) is 6.54 Å². The molecule has 0 bridgehead atoms. The smallest absolute Gasteiger partial charge is 0.261 e. The zero-order valence-electron chi connectivity index (χ0n) is 10.6. The van der Waals surface area contributed by atoms with Gasteiger partial charge in [-0.25, -0.2) is 0 Å². The molecule has 0 atom stereocenters. The highest BCUT2D eigenvalue weighted by molar-refractivity contribution is 6.21. The highest BCUT2D eigenvalue weighted by atomic mass is 16.2. The first kappa shape index (κ1) is 12.6. The minimum atomic E-state index is -0.184. The zero-order chi connectivity index (χ0) is 13.0. The Balaban J connectivity index is 2.03. The number of hydrogen-bond donors (Lipinski definition) is 0. The first-order valence-corrected chi connectivity index (χ1v) is 6.36. The van der Waals surface area contributed by atoms with Crippen LogP contribution in [0.25, 0.3) is 0 Å². The van der Waals surface area contributed by atoms with Crippen molar-refractivity contribution in [3.05, 3.63) is 47.5 Å². The first-order valence-electron chi connectivity index (χ1n) is 6.36. The van der Waals surface area contributed by atoms with E-state index in [1.54, 1.807) is 24.3 Å². The van der Waals surface area contributed by atoms with Crippen molar-refractivity contribution < 1.29 is 9.59 Å². The second-order valence-corrected chi connectivity index (χ2v) is 4.38. The van der Waals surface area contributed by atoms with Crippen LogP contribution in [-0.2, 0) is 0 Å². The van der Waals surface area contributed by atoms with Gasteiger partial charge in [-0.3, -0.25) is 14.5 Å². The first-order chi connectivity index (χ1) is 8.75. The molecule has 0 aliphatic carbocycles. The lowest BCUT2D eigenvalue weighted by Crippen LogP contribution is -2.29. The normalized spacial score (nSPS) is 14.6. The van der Waals surface area contributed by atoms with Crippen LogP contribution in [0.2, 0.25) is 0 Å². The van der Waals surface area contributed by atoms with Gasteiger partial charge in [-0.2, -0.15) is 0 Å². The number of nitrogens with zero attached hydrogens (tertiary/aromatic N) is 1. The second-order valence-electron chi connectivity index (χ2n) is 4.38. The maximum Gasteiger partial charge on any atom is 0.261 e. The van der Waals surface area contributed by atoms with E-state index >= 15 is 0 Å². The van der Waals surface area contributed by atoms with E-state index < -0.39 is 0 Å². The molecule has 0 unspecified atom stereocenters. The minimum Gasteiger partial charge on any atom is -0.270 e. The molecule has 94 valence electrons. The molecule has 1 aliphatic heterocycles. The van der Waals surface area contributed by atoms with Crippen molar-refractivity contribution in [3.63, 3.8) is 0 Å². The Morgan fingerprint density at radius 1 is 1.06 bits per heavy atom. The molecule has 0 spiro atoms. The molecule has 2 amide bonds. The number of fused-ring (bicyclic) bond motifs is 1. The lowest BCUT2D eigenvalue weighted by atomic mass is 10.1. The third-order valence-electron chi connectivity index (χ3n) is 3.06. The summed E-state index contributed by atoms with van der Waals surface area (Å²) in [6.45, 7) is 2.51. The molecule has 0 aromatic heterocycles. The molecule has 1 aliphatic rings. The molecule has 2 rings (SSSR count). The summed E-state index contributed by atoms with van der Waals surface area (Å²) in [5.74, 6) is -0.369. The van der Waals surface area contributed by atoms with Crippen LogP contribution in [0.4, 0.5) is 0 Å². The van der Waals surface area contributed by atoms with Gasteiger partial charge in [-0.05, 0) is 18.6 Å². The van der Waals surface area contributed by atoms with Crippen LogP contribution in [0.3, 0.4) is 0 Å². The molecule has 0 saturated heterocycles. The van der Waals surface area contributed by atoms with Gasteiger partial charge in [0.2, 0.25) is 0 Å². The van der Waals surface area contributed by atoms with Crippen LogP contribution < -0.4 is 0 Å². The van der Waals surface area contributed by atoms with Crippen LogP contribution in [0.15, 0.2) is 36.4 Å². The predicted octanol–water partition coefficient (Wildman–Crippen LogP) is 3.03. The summed E-state index contributed by atoms with van der Waals surface area (Å²) in [6, 6.07) is 6.97. The van der Waals surface area contributed by atoms with Gasteiger partial charge in [0.25, 0.3) is 11.8 Å². The summed E-state index contributed by atoms with van der Waals surface area (Å²) in [5.41, 5.74) is 1.04. The number of hydrogen-bond acceptors (Lipinski definition) is 2. The van der Waals surface area contributed by atoms with Crippen LogP contribution in [0.1, 0.15) is 46.9 Å². The molecule has 1 heterocycles. The predicted molar refractivity (Wildman–Crippen MR) is 70.5 cm³/mol. The number of rotatable bonds is 5. The molecule has 18 heavy (non-hydrogen) atoms. The number of allylic oxidation sites excluding steroid dienone is 1. The fourth-order valence-electron chi connectivity index (χ4n) is 2.02. The van der Waals surface area contributed by atoms with E-state index in [9.17, 15) is 9.59 Å². The molecule has 0 saturated carbocycles. The van der Waals surface area contributed by atoms with E-state index in [0.717, 1.165) is 19.3 Å². The van der Waals surface area contributed by atoms with Gasteiger partial charge in [0.05, 0.1) is 11.1 Å². The Morgan fingerprint density at radius 2 is 1.67 bits per heavy atom. The van der Waals surface area contributed by atoms with Crippen molar-refractivity contribution >= 4 is 11.8 Å². The number of amides is 2. The van der Waals surface area contributed by atoms with Gasteiger partial charge in [-0.15, -0.1) is 0 Å². The summed E-state index contributed by atoms with van der Waals surface area (Å²) in [5, 5.41) is 0. The van der Waals surface area contributed by atoms with Gasteiger partial charge in [0, 0.05) is 6.54 Å². The van der Waals surface area contributed by atoms with Crippen molar-refractivity contribution in [2.24, 2.45) is 0 Å². The summed E-state index contributed by atoms with van der Waals surface area (Å²) in [6.07, 6.45) is 7.22. The van der Waals surface area contributed by atoms with E-state index in [-0.39, 0.29) is 11.8 Å². The fraction of sp³-hybridized carbons (Fsp3) is 0.333. The second kappa shape index (κ2) is 5.63. The van der Waals surface area contributed by atoms with Gasteiger partial charge in [0.1, 0.15) is 0 Å². The van der Waals surface area contributed by atoms with Gasteiger partial charge in [-0.1, -0.05) is 44.1 Å². The fourth-order valence-corrected chi connectivity index (χ4v) is 2.02. The Bertz CT molecular complexity index is 456. The molecule has 0 radical (unpaired) electrons. The highest BCUT2D eigenvalue weighted by Gasteiger charge is 2.33. The van der Waals surface area contributed by atoms with Gasteiger partial charge >= 0.3 is 0 Å². The van der Waals surface area contributed by atoms with E-state index in [1.165, 1.54) is 4.90 Å². The lowest BCUT2D eigenvalue weighted by molar-refractivity contribution is 0.0672. The van der Waals surface area contributed by atoms with Crippen molar-refractivity contribution in [1.29, 1.82) is 0 Å². The molecule has 0 N–H and O–H groups in total. The number of carbonyl (C=O) groups is 2. The monoisotopic (exact) mass is 243 g/mol. The summed E-state index contributed by atoms with van der Waals surface area (Å²) in [7, 11) is 0. The number of benzene rings is 1. The van der Waals surface area contributed by atoms with Crippen molar-refractivity contribution in [1.82, 2.24) is 4.90 Å². The standard InChI is InChI=1S/C15H17NO2/c1-2-3-4-5-8-11-16-14(17)12-9-6-7-10-13(12)15(16)18/h5-10H,2-4,11H2,1H3/b8-5-. The Hall–Kier alpha value is -1.90. The van der Waals surface area contributed by atoms with Crippen LogP contribution in [-0.4, -0.2) is 23.3 Å². The van der Waals surface area contributed by atoms with Crippen molar-refractivity contribution in [2.45, 2.75) is 26.2 Å². The Labute approximate surface area is 107 Å². The number of carbonyl (C=O) groups excluding carboxylic acids is 2. The summed E-state index contributed by atoms with van der Waals surface area (Å²) >= 11 is 0. The molecule has 3 nitrogen and oxygen atoms in total. The van der Waals surface area contributed by atoms with Crippen LogP contribution in [0, 0.1) is 0 Å². The SMILES string of the molecule is CCCC/C=C\CN1C(=O)c2ccccc2C1=O. The third kappa shape index (κ3) is 2.35. The summed E-state index contributed by atoms with van der Waals surface area (Å²) in [4.78, 5) is 25.3. The maximum absolute atomic E-state index is 12.0. The quantitative estimate of drug-likeness (QED) is 0.453. The Morgan fingerprint density at radius 3 is 2.22 bits per heavy atom. The molecule has 1 aromatic rings. The van der Waals surface area contributed by atoms with Gasteiger partial charge in [0.15, 0.2) is 0 Å². The topological polar surface area (TPSA) is 37.4 Å². The lowest BCUT2D eigenvalue weighted by Gasteiger charge is -2.10. The highest BCUT2D eigenvalue weighted by Crippen LogP contribution is 2.21. The number of imide groups is 1. The molecule has 0 fully saturated rings. The third-order valence-corrected chi connectivity index (χ3v) is 3.06. The van der Waals surface area contributed by atoms with Crippen LogP contribution >= 0.6 is 0 Å². The van der Waals surface area contributed by atoms with Crippen LogP contribution in [0.5, 0.6) is 0 Å². The molecule has 3 heteroatoms.